The summed E-state index contributed by atoms with van der Waals surface area (Å²) in [4.78, 5) is 12.6. The highest BCUT2D eigenvalue weighted by Gasteiger charge is 2.42. The van der Waals surface area contributed by atoms with E-state index in [1.54, 1.807) is 6.07 Å². The number of rotatable bonds is 6. The summed E-state index contributed by atoms with van der Waals surface area (Å²) >= 11 is 0. The molecule has 0 bridgehead atoms. The van der Waals surface area contributed by atoms with Crippen LogP contribution in [0.15, 0.2) is 176 Å². The lowest BCUT2D eigenvalue weighted by Gasteiger charge is -2.34. The second kappa shape index (κ2) is 11.3. The summed E-state index contributed by atoms with van der Waals surface area (Å²) in [7, 11) is -2.91. The molecule has 0 fully saturated rings. The Morgan fingerprint density at radius 2 is 0.804 bits per heavy atom. The summed E-state index contributed by atoms with van der Waals surface area (Å²) < 4.78 is 0. The van der Waals surface area contributed by atoms with Crippen LogP contribution in [0.5, 0.6) is 0 Å². The van der Waals surface area contributed by atoms with E-state index < -0.39 is 8.07 Å². The SMILES string of the molecule is O=[N+]([O-])c1ccc([Si](c2ccccc2)(c2ccccc2)c2ccccc2)cc1-c1cccc2c3ccccc3c3ccccc3c12. The third kappa shape index (κ3) is 4.26. The summed E-state index contributed by atoms with van der Waals surface area (Å²) in [6, 6.07) is 60.9. The Balaban J connectivity index is 1.52. The molecule has 0 aliphatic heterocycles. The first-order valence-corrected chi connectivity index (χ1v) is 17.5. The van der Waals surface area contributed by atoms with Gasteiger partial charge in [-0.2, -0.15) is 0 Å². The van der Waals surface area contributed by atoms with Gasteiger partial charge in [0, 0.05) is 6.07 Å². The molecule has 0 saturated carbocycles. The molecule has 0 spiro atoms. The molecule has 0 atom stereocenters. The smallest absolute Gasteiger partial charge is 0.258 e. The molecule has 0 aliphatic carbocycles. The minimum Gasteiger partial charge on any atom is -0.258 e. The fraction of sp³-hybridized carbons (Fsp3) is 0. The Morgan fingerprint density at radius 3 is 1.28 bits per heavy atom. The first-order valence-electron chi connectivity index (χ1n) is 15.5. The molecular formula is C42H29NO2Si. The molecule has 8 aromatic rings. The maximum Gasteiger partial charge on any atom is 0.277 e. The van der Waals surface area contributed by atoms with E-state index in [1.165, 1.54) is 20.9 Å². The van der Waals surface area contributed by atoms with E-state index in [1.807, 2.05) is 36.4 Å². The van der Waals surface area contributed by atoms with E-state index in [2.05, 4.69) is 133 Å². The topological polar surface area (TPSA) is 43.1 Å². The van der Waals surface area contributed by atoms with E-state index in [0.717, 1.165) is 37.7 Å². The molecule has 0 heterocycles. The Kier molecular flexibility index (Phi) is 6.78. The van der Waals surface area contributed by atoms with Gasteiger partial charge in [-0.1, -0.05) is 164 Å². The Hall–Kier alpha value is -5.84. The third-order valence-electron chi connectivity index (χ3n) is 9.31. The Bertz CT molecular complexity index is 2250. The normalized spacial score (nSPS) is 11.7. The van der Waals surface area contributed by atoms with E-state index in [9.17, 15) is 10.1 Å². The number of nitrogens with zero attached hydrogens (tertiary/aromatic N) is 1. The lowest BCUT2D eigenvalue weighted by molar-refractivity contribution is -0.384. The summed E-state index contributed by atoms with van der Waals surface area (Å²) in [6.07, 6.45) is 0. The molecule has 0 unspecified atom stereocenters. The predicted octanol–water partition coefficient (Wildman–Crippen LogP) is 8.10. The van der Waals surface area contributed by atoms with Crippen molar-refractivity contribution in [1.82, 2.24) is 0 Å². The molecule has 3 nitrogen and oxygen atoms in total. The van der Waals surface area contributed by atoms with Crippen LogP contribution in [0, 0.1) is 10.1 Å². The molecule has 0 saturated heterocycles. The maximum atomic E-state index is 12.8. The van der Waals surface area contributed by atoms with Gasteiger partial charge in [-0.15, -0.1) is 0 Å². The van der Waals surface area contributed by atoms with Crippen molar-refractivity contribution in [2.45, 2.75) is 0 Å². The van der Waals surface area contributed by atoms with Gasteiger partial charge in [-0.3, -0.25) is 10.1 Å². The molecule has 46 heavy (non-hydrogen) atoms. The summed E-state index contributed by atoms with van der Waals surface area (Å²) in [5.74, 6) is 0. The monoisotopic (exact) mass is 607 g/mol. The average Bonchev–Trinajstić information content (AvgIpc) is 3.13. The fourth-order valence-corrected chi connectivity index (χ4v) is 12.2. The van der Waals surface area contributed by atoms with Crippen LogP contribution in [0.4, 0.5) is 5.69 Å². The van der Waals surface area contributed by atoms with Crippen molar-refractivity contribution in [1.29, 1.82) is 0 Å². The van der Waals surface area contributed by atoms with Crippen molar-refractivity contribution < 1.29 is 4.92 Å². The van der Waals surface area contributed by atoms with Crippen LogP contribution in [-0.2, 0) is 0 Å². The zero-order chi connectivity index (χ0) is 31.1. The number of benzene rings is 8. The fourth-order valence-electron chi connectivity index (χ4n) is 7.39. The first-order chi connectivity index (χ1) is 22.7. The Morgan fingerprint density at radius 1 is 0.391 bits per heavy atom. The van der Waals surface area contributed by atoms with Crippen LogP contribution in [-0.4, -0.2) is 13.0 Å². The van der Waals surface area contributed by atoms with Gasteiger partial charge in [0.05, 0.1) is 10.5 Å². The largest absolute Gasteiger partial charge is 0.277 e. The molecule has 0 radical (unpaired) electrons. The van der Waals surface area contributed by atoms with Crippen molar-refractivity contribution in [3.05, 3.63) is 186 Å². The molecule has 218 valence electrons. The van der Waals surface area contributed by atoms with Crippen molar-refractivity contribution in [3.63, 3.8) is 0 Å². The molecule has 0 N–H and O–H groups in total. The van der Waals surface area contributed by atoms with Crippen molar-refractivity contribution in [3.8, 4) is 11.1 Å². The molecule has 0 aliphatic rings. The van der Waals surface area contributed by atoms with Gasteiger partial charge in [-0.25, -0.2) is 0 Å². The van der Waals surface area contributed by atoms with Gasteiger partial charge in [-0.05, 0) is 64.7 Å². The number of nitro benzene ring substituents is 1. The summed E-state index contributed by atoms with van der Waals surface area (Å²) in [5, 5.41) is 24.2. The van der Waals surface area contributed by atoms with Crippen LogP contribution >= 0.6 is 0 Å². The van der Waals surface area contributed by atoms with Gasteiger partial charge < -0.3 is 0 Å². The number of nitro groups is 1. The molecule has 0 amide bonds. The average molecular weight is 608 g/mol. The van der Waals surface area contributed by atoms with Crippen molar-refractivity contribution >= 4 is 66.8 Å². The van der Waals surface area contributed by atoms with E-state index in [0.29, 0.717) is 5.56 Å². The molecule has 8 rings (SSSR count). The highest BCUT2D eigenvalue weighted by atomic mass is 28.3. The van der Waals surface area contributed by atoms with Crippen LogP contribution in [0.2, 0.25) is 0 Å². The highest BCUT2D eigenvalue weighted by molar-refractivity contribution is 7.19. The van der Waals surface area contributed by atoms with Crippen LogP contribution in [0.3, 0.4) is 0 Å². The van der Waals surface area contributed by atoms with E-state index in [-0.39, 0.29) is 10.6 Å². The standard InChI is InChI=1S/C42H29NO2Si/c44-43(45)41-28-27-33(46(30-15-4-1-5-16-30,31-17-6-2-7-18-31)32-19-8-3-9-20-32)29-40(41)39-26-14-25-38-36-22-11-10-21-34(36)35-23-12-13-24-37(35)42(38)39/h1-29H. The zero-order valence-electron chi connectivity index (χ0n) is 25.0. The van der Waals surface area contributed by atoms with E-state index in [4.69, 9.17) is 0 Å². The van der Waals surface area contributed by atoms with Gasteiger partial charge in [0.15, 0.2) is 8.07 Å². The second-order valence-corrected chi connectivity index (χ2v) is 15.5. The molecular weight excluding hydrogens is 579 g/mol. The van der Waals surface area contributed by atoms with Crippen molar-refractivity contribution in [2.75, 3.05) is 0 Å². The lowest BCUT2D eigenvalue weighted by Crippen LogP contribution is -2.74. The van der Waals surface area contributed by atoms with Crippen molar-refractivity contribution in [2.24, 2.45) is 0 Å². The van der Waals surface area contributed by atoms with Crippen LogP contribution in [0.25, 0.3) is 43.4 Å². The summed E-state index contributed by atoms with van der Waals surface area (Å²) in [5.41, 5.74) is 1.60. The Labute approximate surface area is 268 Å². The number of hydrogen-bond donors (Lipinski definition) is 0. The predicted molar refractivity (Wildman–Crippen MR) is 195 cm³/mol. The van der Waals surface area contributed by atoms with Crippen LogP contribution in [0.1, 0.15) is 0 Å². The highest BCUT2D eigenvalue weighted by Crippen LogP contribution is 2.42. The summed E-state index contributed by atoms with van der Waals surface area (Å²) in [6.45, 7) is 0. The molecule has 8 aromatic carbocycles. The van der Waals surface area contributed by atoms with Gasteiger partial charge in [0.25, 0.3) is 5.69 Å². The first kappa shape index (κ1) is 27.7. The zero-order valence-corrected chi connectivity index (χ0v) is 26.0. The van der Waals surface area contributed by atoms with Crippen LogP contribution < -0.4 is 20.7 Å². The van der Waals surface area contributed by atoms with Gasteiger partial charge >= 0.3 is 0 Å². The third-order valence-corrected chi connectivity index (χ3v) is 14.1. The second-order valence-electron chi connectivity index (χ2n) is 11.7. The lowest BCUT2D eigenvalue weighted by atomic mass is 9.89. The number of fused-ring (bicyclic) bond motifs is 6. The van der Waals surface area contributed by atoms with Gasteiger partial charge in [0.1, 0.15) is 0 Å². The number of hydrogen-bond acceptors (Lipinski definition) is 2. The quantitative estimate of drug-likeness (QED) is 0.0630. The van der Waals surface area contributed by atoms with Gasteiger partial charge in [0.2, 0.25) is 0 Å². The minimum atomic E-state index is -2.91. The minimum absolute atomic E-state index is 0.102. The molecule has 0 aromatic heterocycles. The maximum absolute atomic E-state index is 12.8. The molecule has 4 heteroatoms. The van der Waals surface area contributed by atoms with E-state index >= 15 is 0 Å².